The van der Waals surface area contributed by atoms with Gasteiger partial charge in [0.05, 0.1) is 24.9 Å². The van der Waals surface area contributed by atoms with E-state index in [2.05, 4.69) is 5.10 Å². The molecule has 72 valence electrons. The van der Waals surface area contributed by atoms with Gasteiger partial charge in [0, 0.05) is 0 Å². The lowest BCUT2D eigenvalue weighted by atomic mass is 10.2. The summed E-state index contributed by atoms with van der Waals surface area (Å²) in [7, 11) is 0. The zero-order valence-corrected chi connectivity index (χ0v) is 8.16. The molecule has 5 heteroatoms. The molecular formula is C8H12ClN3O. The molecule has 4 nitrogen and oxygen atoms in total. The summed E-state index contributed by atoms with van der Waals surface area (Å²) >= 11 is 5.80. The van der Waals surface area contributed by atoms with Gasteiger partial charge in [-0.05, 0) is 13.3 Å². The zero-order chi connectivity index (χ0) is 9.42. The van der Waals surface area contributed by atoms with Crippen molar-refractivity contribution >= 4 is 17.4 Å². The van der Waals surface area contributed by atoms with Crippen LogP contribution in [-0.4, -0.2) is 22.5 Å². The second-order valence-electron chi connectivity index (χ2n) is 3.36. The Morgan fingerprint density at radius 2 is 2.54 bits per heavy atom. The van der Waals surface area contributed by atoms with Crippen LogP contribution in [0.4, 0.5) is 5.82 Å². The van der Waals surface area contributed by atoms with E-state index >= 15 is 0 Å². The van der Waals surface area contributed by atoms with Crippen LogP contribution < -0.4 is 5.73 Å². The lowest BCUT2D eigenvalue weighted by molar-refractivity contribution is 0.120. The minimum atomic E-state index is 0.238. The van der Waals surface area contributed by atoms with E-state index in [1.165, 1.54) is 0 Å². The average molecular weight is 202 g/mol. The van der Waals surface area contributed by atoms with Crippen molar-refractivity contribution in [2.45, 2.75) is 25.5 Å². The number of hydrogen-bond donors (Lipinski definition) is 1. The van der Waals surface area contributed by atoms with Crippen molar-refractivity contribution in [2.75, 3.05) is 12.3 Å². The Morgan fingerprint density at radius 3 is 3.00 bits per heavy atom. The number of anilines is 1. The molecular weight excluding hydrogens is 190 g/mol. The van der Waals surface area contributed by atoms with Crippen molar-refractivity contribution in [2.24, 2.45) is 0 Å². The highest BCUT2D eigenvalue weighted by molar-refractivity contribution is 6.32. The van der Waals surface area contributed by atoms with Crippen LogP contribution in [0.2, 0.25) is 5.02 Å². The summed E-state index contributed by atoms with van der Waals surface area (Å²) < 4.78 is 7.17. The van der Waals surface area contributed by atoms with Gasteiger partial charge in [0.15, 0.2) is 0 Å². The molecule has 0 saturated carbocycles. The molecule has 1 aliphatic rings. The normalized spacial score (nSPS) is 28.2. The molecule has 0 spiro atoms. The molecule has 1 aromatic rings. The molecule has 0 amide bonds. The van der Waals surface area contributed by atoms with Gasteiger partial charge in [0.1, 0.15) is 10.8 Å². The Balaban J connectivity index is 2.21. The van der Waals surface area contributed by atoms with Gasteiger partial charge in [-0.25, -0.2) is 4.68 Å². The monoisotopic (exact) mass is 201 g/mol. The van der Waals surface area contributed by atoms with Gasteiger partial charge >= 0.3 is 0 Å². The molecule has 1 aromatic heterocycles. The van der Waals surface area contributed by atoms with Crippen molar-refractivity contribution in [3.63, 3.8) is 0 Å². The third-order valence-corrected chi connectivity index (χ3v) is 2.60. The molecule has 1 fully saturated rings. The maximum absolute atomic E-state index is 5.80. The van der Waals surface area contributed by atoms with Gasteiger partial charge < -0.3 is 10.5 Å². The predicted molar refractivity (Wildman–Crippen MR) is 50.7 cm³/mol. The van der Waals surface area contributed by atoms with Crippen LogP contribution in [0.25, 0.3) is 0 Å². The Bertz CT molecular complexity index is 312. The first kappa shape index (κ1) is 8.84. The molecule has 1 aliphatic heterocycles. The highest BCUT2D eigenvalue weighted by atomic mass is 35.5. The quantitative estimate of drug-likeness (QED) is 0.749. The van der Waals surface area contributed by atoms with Crippen LogP contribution in [0, 0.1) is 0 Å². The molecule has 2 heterocycles. The number of ether oxygens (including phenoxy) is 1. The van der Waals surface area contributed by atoms with E-state index in [0.29, 0.717) is 17.4 Å². The number of nitrogens with zero attached hydrogens (tertiary/aromatic N) is 2. The number of nitrogen functional groups attached to an aromatic ring is 1. The minimum Gasteiger partial charge on any atom is -0.383 e. The van der Waals surface area contributed by atoms with E-state index in [1.54, 1.807) is 10.9 Å². The van der Waals surface area contributed by atoms with Gasteiger partial charge in [-0.2, -0.15) is 5.10 Å². The van der Waals surface area contributed by atoms with E-state index in [0.717, 1.165) is 6.42 Å². The summed E-state index contributed by atoms with van der Waals surface area (Å²) in [6.07, 6.45) is 2.80. The Morgan fingerprint density at radius 1 is 1.77 bits per heavy atom. The molecule has 2 N–H and O–H groups in total. The fraction of sp³-hybridized carbons (Fsp3) is 0.625. The summed E-state index contributed by atoms with van der Waals surface area (Å²) in [6, 6.07) is 0.238. The van der Waals surface area contributed by atoms with E-state index in [9.17, 15) is 0 Å². The first-order chi connectivity index (χ1) is 6.18. The Kier molecular flexibility index (Phi) is 2.17. The molecule has 2 atom stereocenters. The van der Waals surface area contributed by atoms with E-state index in [1.807, 2.05) is 6.92 Å². The summed E-state index contributed by atoms with van der Waals surface area (Å²) in [4.78, 5) is 0. The molecule has 0 aliphatic carbocycles. The van der Waals surface area contributed by atoms with Gasteiger partial charge in [-0.1, -0.05) is 11.6 Å². The highest BCUT2D eigenvalue weighted by Crippen LogP contribution is 2.28. The summed E-state index contributed by atoms with van der Waals surface area (Å²) in [5, 5.41) is 4.62. The van der Waals surface area contributed by atoms with Crippen LogP contribution >= 0.6 is 11.6 Å². The van der Waals surface area contributed by atoms with Crippen LogP contribution in [0.5, 0.6) is 0 Å². The number of rotatable bonds is 1. The standard InChI is InChI=1S/C8H12ClN3O/c1-5-2-6(4-13-5)12-8(10)7(9)3-11-12/h3,5-6H,2,4,10H2,1H3. The van der Waals surface area contributed by atoms with Crippen LogP contribution in [0.1, 0.15) is 19.4 Å². The first-order valence-electron chi connectivity index (χ1n) is 4.28. The average Bonchev–Trinajstić information content (AvgIpc) is 2.62. The van der Waals surface area contributed by atoms with Crippen molar-refractivity contribution in [1.29, 1.82) is 0 Å². The second-order valence-corrected chi connectivity index (χ2v) is 3.76. The maximum Gasteiger partial charge on any atom is 0.141 e. The predicted octanol–water partition coefficient (Wildman–Crippen LogP) is 1.47. The number of nitrogens with two attached hydrogens (primary N) is 1. The molecule has 0 radical (unpaired) electrons. The maximum atomic E-state index is 5.80. The highest BCUT2D eigenvalue weighted by Gasteiger charge is 2.25. The minimum absolute atomic E-state index is 0.238. The smallest absolute Gasteiger partial charge is 0.141 e. The van der Waals surface area contributed by atoms with Gasteiger partial charge in [-0.3, -0.25) is 0 Å². The molecule has 0 aromatic carbocycles. The largest absolute Gasteiger partial charge is 0.383 e. The third-order valence-electron chi connectivity index (χ3n) is 2.31. The van der Waals surface area contributed by atoms with Crippen LogP contribution in [0.3, 0.4) is 0 Å². The van der Waals surface area contributed by atoms with Crippen molar-refractivity contribution < 1.29 is 4.74 Å². The summed E-state index contributed by atoms with van der Waals surface area (Å²) in [5.74, 6) is 0.532. The SMILES string of the molecule is CC1CC(n2ncc(Cl)c2N)CO1. The Labute approximate surface area is 81.6 Å². The fourth-order valence-corrected chi connectivity index (χ4v) is 1.74. The van der Waals surface area contributed by atoms with Gasteiger partial charge in [0.2, 0.25) is 0 Å². The molecule has 2 rings (SSSR count). The third kappa shape index (κ3) is 1.51. The Hall–Kier alpha value is -0.740. The summed E-state index contributed by atoms with van der Waals surface area (Å²) in [6.45, 7) is 2.71. The van der Waals surface area contributed by atoms with Crippen molar-refractivity contribution in [1.82, 2.24) is 9.78 Å². The molecule has 0 bridgehead atoms. The topological polar surface area (TPSA) is 53.1 Å². The van der Waals surface area contributed by atoms with Gasteiger partial charge in [-0.15, -0.1) is 0 Å². The van der Waals surface area contributed by atoms with Crippen LogP contribution in [-0.2, 0) is 4.74 Å². The molecule has 1 saturated heterocycles. The first-order valence-corrected chi connectivity index (χ1v) is 4.66. The van der Waals surface area contributed by atoms with Crippen molar-refractivity contribution in [3.8, 4) is 0 Å². The zero-order valence-electron chi connectivity index (χ0n) is 7.40. The number of halogens is 1. The number of aromatic nitrogens is 2. The van der Waals surface area contributed by atoms with Crippen molar-refractivity contribution in [3.05, 3.63) is 11.2 Å². The van der Waals surface area contributed by atoms with Gasteiger partial charge in [0.25, 0.3) is 0 Å². The van der Waals surface area contributed by atoms with E-state index < -0.39 is 0 Å². The summed E-state index contributed by atoms with van der Waals surface area (Å²) in [5.41, 5.74) is 5.74. The fourth-order valence-electron chi connectivity index (χ4n) is 1.61. The van der Waals surface area contributed by atoms with Crippen LogP contribution in [0.15, 0.2) is 6.20 Å². The number of hydrogen-bond acceptors (Lipinski definition) is 3. The second kappa shape index (κ2) is 3.20. The van der Waals surface area contributed by atoms with E-state index in [-0.39, 0.29) is 12.1 Å². The molecule has 13 heavy (non-hydrogen) atoms. The van der Waals surface area contributed by atoms with E-state index in [4.69, 9.17) is 22.1 Å². The lowest BCUT2D eigenvalue weighted by Gasteiger charge is -2.09. The molecule has 2 unspecified atom stereocenters. The lowest BCUT2D eigenvalue weighted by Crippen LogP contribution is -2.13.